The topological polar surface area (TPSA) is 20.3 Å². The molecule has 1 unspecified atom stereocenters. The van der Waals surface area contributed by atoms with Crippen LogP contribution in [0.3, 0.4) is 0 Å². The minimum absolute atomic E-state index is 0.0406. The Kier molecular flexibility index (Phi) is 4.12. The molecule has 5 heteroatoms. The lowest BCUT2D eigenvalue weighted by Crippen LogP contribution is -2.20. The molecule has 3 rings (SSSR count). The molecular weight excluding hydrogens is 417 g/mol. The summed E-state index contributed by atoms with van der Waals surface area (Å²) in [6.45, 7) is 0. The molecule has 0 aliphatic carbocycles. The Bertz CT molecular complexity index is 712. The number of anilines is 1. The average molecular weight is 430 g/mol. The summed E-state index contributed by atoms with van der Waals surface area (Å²) < 4.78 is 0.950. The third kappa shape index (κ3) is 2.89. The molecule has 0 fully saturated rings. The molecule has 1 aliphatic heterocycles. The second-order valence-electron chi connectivity index (χ2n) is 5.08. The van der Waals surface area contributed by atoms with Gasteiger partial charge >= 0.3 is 0 Å². The van der Waals surface area contributed by atoms with Gasteiger partial charge in [0.2, 0.25) is 5.91 Å². The van der Waals surface area contributed by atoms with Crippen LogP contribution in [0.15, 0.2) is 40.9 Å². The summed E-state index contributed by atoms with van der Waals surface area (Å²) in [5, 5.41) is 0.694. The number of likely N-dealkylation sites (N-methyl/N-ethyl adjacent to an activating group) is 1. The van der Waals surface area contributed by atoms with Crippen LogP contribution in [0, 0.1) is 0 Å². The minimum atomic E-state index is 0.0406. The SMILES string of the molecule is CN1C(=O)Cc2cc(C(Br)c3cc(Cl)cc(Br)c3)ccc21. The summed E-state index contributed by atoms with van der Waals surface area (Å²) in [6.07, 6.45) is 0.471. The zero-order chi connectivity index (χ0) is 15.1. The molecule has 0 saturated heterocycles. The van der Waals surface area contributed by atoms with Crippen LogP contribution in [0.4, 0.5) is 5.69 Å². The number of carbonyl (C=O) groups excluding carboxylic acids is 1. The lowest BCUT2D eigenvalue weighted by atomic mass is 10.0. The minimum Gasteiger partial charge on any atom is -0.315 e. The van der Waals surface area contributed by atoms with E-state index in [1.807, 2.05) is 37.4 Å². The van der Waals surface area contributed by atoms with Crippen molar-refractivity contribution in [2.75, 3.05) is 11.9 Å². The van der Waals surface area contributed by atoms with E-state index in [1.54, 1.807) is 4.90 Å². The molecule has 1 aliphatic rings. The molecule has 21 heavy (non-hydrogen) atoms. The van der Waals surface area contributed by atoms with Crippen LogP contribution in [-0.2, 0) is 11.2 Å². The van der Waals surface area contributed by atoms with Gasteiger partial charge in [-0.25, -0.2) is 0 Å². The van der Waals surface area contributed by atoms with Gasteiger partial charge in [-0.3, -0.25) is 4.79 Å². The van der Waals surface area contributed by atoms with Crippen molar-refractivity contribution in [2.24, 2.45) is 0 Å². The van der Waals surface area contributed by atoms with Gasteiger partial charge in [-0.15, -0.1) is 0 Å². The van der Waals surface area contributed by atoms with E-state index in [-0.39, 0.29) is 10.7 Å². The molecule has 108 valence electrons. The Morgan fingerprint density at radius 1 is 1.19 bits per heavy atom. The Morgan fingerprint density at radius 2 is 1.95 bits per heavy atom. The van der Waals surface area contributed by atoms with Gasteiger partial charge in [-0.05, 0) is 41.0 Å². The van der Waals surface area contributed by atoms with E-state index in [0.717, 1.165) is 26.9 Å². The van der Waals surface area contributed by atoms with E-state index < -0.39 is 0 Å². The highest BCUT2D eigenvalue weighted by atomic mass is 79.9. The molecule has 2 nitrogen and oxygen atoms in total. The summed E-state index contributed by atoms with van der Waals surface area (Å²) in [6, 6.07) is 12.0. The van der Waals surface area contributed by atoms with Crippen LogP contribution in [0.5, 0.6) is 0 Å². The van der Waals surface area contributed by atoms with Crippen molar-refractivity contribution in [1.29, 1.82) is 0 Å². The summed E-state index contributed by atoms with van der Waals surface area (Å²) in [5.41, 5.74) is 4.26. The van der Waals surface area contributed by atoms with Crippen LogP contribution in [0.25, 0.3) is 0 Å². The number of nitrogens with zero attached hydrogens (tertiary/aromatic N) is 1. The van der Waals surface area contributed by atoms with Gasteiger partial charge < -0.3 is 4.90 Å². The highest BCUT2D eigenvalue weighted by Gasteiger charge is 2.25. The third-order valence-electron chi connectivity index (χ3n) is 3.65. The van der Waals surface area contributed by atoms with E-state index in [2.05, 4.69) is 37.9 Å². The van der Waals surface area contributed by atoms with E-state index in [4.69, 9.17) is 11.6 Å². The fourth-order valence-corrected chi connectivity index (χ4v) is 4.00. The van der Waals surface area contributed by atoms with E-state index in [9.17, 15) is 4.79 Å². The standard InChI is InChI=1S/C16H12Br2ClNO/c1-20-14-3-2-9(4-10(14)7-15(20)21)16(18)11-5-12(17)8-13(19)6-11/h2-6,8,16H,7H2,1H3. The maximum atomic E-state index is 11.8. The van der Waals surface area contributed by atoms with Crippen LogP contribution in [0.2, 0.25) is 5.02 Å². The molecule has 2 aromatic carbocycles. The van der Waals surface area contributed by atoms with Crippen LogP contribution < -0.4 is 4.90 Å². The number of benzene rings is 2. The van der Waals surface area contributed by atoms with Gasteiger partial charge in [0.15, 0.2) is 0 Å². The van der Waals surface area contributed by atoms with Gasteiger partial charge in [0.05, 0.1) is 11.2 Å². The van der Waals surface area contributed by atoms with Crippen LogP contribution >= 0.6 is 43.5 Å². The second kappa shape index (κ2) is 5.75. The average Bonchev–Trinajstić information content (AvgIpc) is 2.71. The zero-order valence-corrected chi connectivity index (χ0v) is 15.2. The predicted molar refractivity (Wildman–Crippen MR) is 93.5 cm³/mol. The van der Waals surface area contributed by atoms with Crippen LogP contribution in [-0.4, -0.2) is 13.0 Å². The molecule has 0 radical (unpaired) electrons. The largest absolute Gasteiger partial charge is 0.315 e. The molecule has 1 heterocycles. The first kappa shape index (κ1) is 15.1. The molecule has 2 aromatic rings. The maximum Gasteiger partial charge on any atom is 0.231 e. The number of alkyl halides is 1. The lowest BCUT2D eigenvalue weighted by molar-refractivity contribution is -0.117. The van der Waals surface area contributed by atoms with Gasteiger partial charge in [-0.1, -0.05) is 55.6 Å². The summed E-state index contributed by atoms with van der Waals surface area (Å²) in [7, 11) is 1.81. The number of carbonyl (C=O) groups is 1. The second-order valence-corrected chi connectivity index (χ2v) is 7.35. The fraction of sp³-hybridized carbons (Fsp3) is 0.188. The first-order chi connectivity index (χ1) is 9.95. The maximum absolute atomic E-state index is 11.8. The predicted octanol–water partition coefficient (Wildman–Crippen LogP) is 5.11. The van der Waals surface area contributed by atoms with Gasteiger partial charge in [-0.2, -0.15) is 0 Å². The number of rotatable bonds is 2. The van der Waals surface area contributed by atoms with Crippen molar-refractivity contribution in [3.05, 3.63) is 62.6 Å². The van der Waals surface area contributed by atoms with Crippen molar-refractivity contribution in [3.8, 4) is 0 Å². The molecule has 0 bridgehead atoms. The normalized spacial score (nSPS) is 15.2. The van der Waals surface area contributed by atoms with Crippen LogP contribution in [0.1, 0.15) is 21.5 Å². The molecular formula is C16H12Br2ClNO. The zero-order valence-electron chi connectivity index (χ0n) is 11.2. The van der Waals surface area contributed by atoms with Gasteiger partial charge in [0.25, 0.3) is 0 Å². The first-order valence-electron chi connectivity index (χ1n) is 6.45. The molecule has 0 saturated carbocycles. The Hall–Kier alpha value is -0.840. The van der Waals surface area contributed by atoms with Crippen molar-refractivity contribution in [1.82, 2.24) is 0 Å². The fourth-order valence-electron chi connectivity index (χ4n) is 2.56. The third-order valence-corrected chi connectivity index (χ3v) is 5.38. The summed E-state index contributed by atoms with van der Waals surface area (Å²) >= 11 is 13.3. The highest BCUT2D eigenvalue weighted by Crippen LogP contribution is 2.37. The molecule has 0 spiro atoms. The summed E-state index contributed by atoms with van der Waals surface area (Å²) in [5.74, 6) is 0.138. The molecule has 1 amide bonds. The highest BCUT2D eigenvalue weighted by molar-refractivity contribution is 9.10. The number of halogens is 3. The van der Waals surface area contributed by atoms with Crippen molar-refractivity contribution < 1.29 is 4.79 Å². The van der Waals surface area contributed by atoms with Crippen molar-refractivity contribution in [3.63, 3.8) is 0 Å². The Labute approximate surface area is 145 Å². The first-order valence-corrected chi connectivity index (χ1v) is 8.54. The van der Waals surface area contributed by atoms with Crippen molar-refractivity contribution >= 4 is 55.1 Å². The van der Waals surface area contributed by atoms with E-state index in [1.165, 1.54) is 0 Å². The number of hydrogen-bond acceptors (Lipinski definition) is 1. The number of amides is 1. The van der Waals surface area contributed by atoms with Gasteiger partial charge in [0, 0.05) is 22.2 Å². The van der Waals surface area contributed by atoms with Gasteiger partial charge in [0.1, 0.15) is 0 Å². The van der Waals surface area contributed by atoms with Crippen molar-refractivity contribution in [2.45, 2.75) is 11.2 Å². The summed E-state index contributed by atoms with van der Waals surface area (Å²) in [4.78, 5) is 13.5. The monoisotopic (exact) mass is 427 g/mol. The molecule has 0 aromatic heterocycles. The lowest BCUT2D eigenvalue weighted by Gasteiger charge is -2.14. The van der Waals surface area contributed by atoms with E-state index >= 15 is 0 Å². The molecule has 1 atom stereocenters. The number of fused-ring (bicyclic) bond motifs is 1. The quantitative estimate of drug-likeness (QED) is 0.608. The number of hydrogen-bond donors (Lipinski definition) is 0. The Balaban J connectivity index is 1.98. The Morgan fingerprint density at radius 3 is 2.67 bits per heavy atom. The molecule has 0 N–H and O–H groups in total. The smallest absolute Gasteiger partial charge is 0.231 e. The van der Waals surface area contributed by atoms with E-state index in [0.29, 0.717) is 11.4 Å².